The normalized spacial score (nSPS) is 28.2. The Hall–Kier alpha value is -8.80. The number of hydrogen-bond donors (Lipinski definition) is 1. The van der Waals surface area contributed by atoms with E-state index in [9.17, 15) is 39.8 Å². The van der Waals surface area contributed by atoms with Crippen molar-refractivity contribution in [1.29, 1.82) is 5.41 Å². The van der Waals surface area contributed by atoms with Gasteiger partial charge in [0.25, 0.3) is 3.79 Å². The van der Waals surface area contributed by atoms with E-state index in [2.05, 4.69) is 20.1 Å². The Morgan fingerprint density at radius 1 is 0.417 bits per heavy atom. The second kappa shape index (κ2) is 40.6. The molecule has 580 valence electrons. The molecule has 1 unspecified atom stereocenters. The Morgan fingerprint density at radius 3 is 1.12 bits per heavy atom. The van der Waals surface area contributed by atoms with Crippen LogP contribution in [0, 0.1) is 5.41 Å². The van der Waals surface area contributed by atoms with Crippen LogP contribution >= 0.6 is 34.8 Å². The number of halogens is 3. The number of azide groups is 2. The summed E-state index contributed by atoms with van der Waals surface area (Å²) in [5, 5.41) is 16.7. The molecule has 20 atom stereocenters. The standard InChI is InChI=1S/C72H80Cl3N7O26/c1-39(83)92-37-49-53(103-69-63(99-41(3)85)58(97-34-45-24-16-10-17-25-45)57(61(106-69)65(87)90-6)96-36-47-28-30-48(89-5)31-29-47)55(94-32-43-20-12-8-13-21-43)51(79-81-77)67(101-49)105-60-59(98-35-46-26-18-11-19-27-46)64(100-42(4)86)70(107-62(60)66(88)91-7)104-54-50(38-93-40(2)84)102-68(108-71(76)72(73,74)75)52(80-82-78)56(54)95-33-44-22-14-9-15-23-44/h8-31,49-64,67-70,76H,32-38H2,1-7H3/t49-,50-,51-,52-,53-,54-,55-,56-,57+,58+,59+,60+,61-,62-,63-,64-,67-,68?,69-,70-/m1/s1. The number of rotatable bonds is 33. The molecule has 4 saturated heterocycles. The number of nitrogens with one attached hydrogen (secondary N) is 1. The van der Waals surface area contributed by atoms with Crippen molar-refractivity contribution in [1.82, 2.24) is 0 Å². The van der Waals surface area contributed by atoms with E-state index in [1.807, 2.05) is 0 Å². The molecule has 4 aliphatic heterocycles. The van der Waals surface area contributed by atoms with Crippen molar-refractivity contribution in [3.63, 3.8) is 0 Å². The van der Waals surface area contributed by atoms with E-state index >= 15 is 0 Å². The first kappa shape index (κ1) is 83.2. The van der Waals surface area contributed by atoms with Crippen molar-refractivity contribution in [2.24, 2.45) is 10.2 Å². The number of carbonyl (C=O) groups is 6. The highest BCUT2D eigenvalue weighted by Gasteiger charge is 2.61. The zero-order chi connectivity index (χ0) is 77.4. The Morgan fingerprint density at radius 2 is 0.759 bits per heavy atom. The second-order valence-electron chi connectivity index (χ2n) is 24.5. The largest absolute Gasteiger partial charge is 0.497 e. The van der Waals surface area contributed by atoms with Crippen LogP contribution in [-0.4, -0.2) is 203 Å². The third-order valence-corrected chi connectivity index (χ3v) is 17.6. The van der Waals surface area contributed by atoms with Gasteiger partial charge in [0.05, 0.1) is 54.4 Å². The van der Waals surface area contributed by atoms with Crippen LogP contribution in [0.2, 0.25) is 0 Å². The van der Waals surface area contributed by atoms with Crippen molar-refractivity contribution in [3.05, 3.63) is 194 Å². The maximum absolute atomic E-state index is 14.9. The van der Waals surface area contributed by atoms with Gasteiger partial charge in [-0.2, -0.15) is 0 Å². The minimum Gasteiger partial charge on any atom is -0.497 e. The number of alkyl halides is 3. The lowest BCUT2D eigenvalue weighted by Gasteiger charge is -2.51. The van der Waals surface area contributed by atoms with E-state index in [1.54, 1.807) is 146 Å². The summed E-state index contributed by atoms with van der Waals surface area (Å²) in [5.41, 5.74) is 23.8. The van der Waals surface area contributed by atoms with Gasteiger partial charge in [-0.05, 0) is 51.0 Å². The van der Waals surface area contributed by atoms with Crippen molar-refractivity contribution < 1.29 is 124 Å². The topological polar surface area (TPSA) is 408 Å². The predicted molar refractivity (Wildman–Crippen MR) is 374 cm³/mol. The summed E-state index contributed by atoms with van der Waals surface area (Å²) in [4.78, 5) is 88.6. The SMILES string of the molecule is COC(=O)[C@@H]1O[C@@H](O[C@H]2[C@H](OCc3ccccc3)[C@@H](N=[N+]=[N-])[C@@H](O[C@H]3[C@H](OCc4ccccc4)[C@@H](OC(C)=O)[C@H](O[C@H]4[C@H](OCc5ccccc5)[C@@H](N=[N+]=[N-])C(OC(=N)C(Cl)(Cl)Cl)O[C@@H]4COC(C)=O)O[C@H]3C(=O)OC)O[C@@H]2COC(C)=O)[C@H](OC(C)=O)[C@@H](OCc2ccccc2)[C@@H]1OCc1ccc(OC)cc1. The highest BCUT2D eigenvalue weighted by molar-refractivity contribution is 6.76. The van der Waals surface area contributed by atoms with Gasteiger partial charge in [0.2, 0.25) is 12.2 Å². The van der Waals surface area contributed by atoms with Gasteiger partial charge in [0.1, 0.15) is 92.1 Å². The first-order chi connectivity index (χ1) is 52.0. The van der Waals surface area contributed by atoms with E-state index in [0.29, 0.717) is 33.6 Å². The second-order valence-corrected chi connectivity index (χ2v) is 26.8. The third-order valence-electron chi connectivity index (χ3n) is 17.1. The number of nitrogens with zero attached hydrogens (tertiary/aromatic N) is 6. The molecule has 4 fully saturated rings. The van der Waals surface area contributed by atoms with Crippen molar-refractivity contribution >= 4 is 76.5 Å². The summed E-state index contributed by atoms with van der Waals surface area (Å²) >= 11 is 18.2. The van der Waals surface area contributed by atoms with E-state index in [0.717, 1.165) is 41.9 Å². The monoisotopic (exact) mass is 1560 g/mol. The van der Waals surface area contributed by atoms with Gasteiger partial charge in [0, 0.05) is 37.5 Å². The molecule has 5 aromatic carbocycles. The fourth-order valence-electron chi connectivity index (χ4n) is 12.2. The molecule has 0 spiro atoms. The number of esters is 6. The molecule has 0 aliphatic carbocycles. The predicted octanol–water partition coefficient (Wildman–Crippen LogP) is 9.03. The maximum Gasteiger partial charge on any atom is 0.337 e. The maximum atomic E-state index is 14.9. The molecule has 108 heavy (non-hydrogen) atoms. The quantitative estimate of drug-likeness (QED) is 0.00598. The molecule has 0 aromatic heterocycles. The van der Waals surface area contributed by atoms with Crippen LogP contribution in [0.5, 0.6) is 5.75 Å². The van der Waals surface area contributed by atoms with Gasteiger partial charge in [-0.25, -0.2) is 9.59 Å². The minimum atomic E-state index is -2.51. The van der Waals surface area contributed by atoms with Crippen LogP contribution in [0.15, 0.2) is 156 Å². The first-order valence-electron chi connectivity index (χ1n) is 33.6. The van der Waals surface area contributed by atoms with Gasteiger partial charge in [0.15, 0.2) is 43.3 Å². The van der Waals surface area contributed by atoms with Crippen LogP contribution in [0.3, 0.4) is 0 Å². The van der Waals surface area contributed by atoms with Crippen LogP contribution in [-0.2, 0) is 152 Å². The lowest BCUT2D eigenvalue weighted by molar-refractivity contribution is -0.377. The Kier molecular flexibility index (Phi) is 31.3. The van der Waals surface area contributed by atoms with E-state index in [1.165, 1.54) is 7.11 Å². The summed E-state index contributed by atoms with van der Waals surface area (Å²) < 4.78 is 123. The van der Waals surface area contributed by atoms with Crippen molar-refractivity contribution in [3.8, 4) is 5.75 Å². The number of hydrogen-bond acceptors (Lipinski definition) is 29. The lowest BCUT2D eigenvalue weighted by Crippen LogP contribution is -2.69. The molecule has 9 rings (SSSR count). The fraction of sp³-hybridized carbons (Fsp3) is 0.486. The molecule has 4 aliphatic rings. The Balaban J connectivity index is 1.16. The molecule has 0 amide bonds. The molecule has 0 radical (unpaired) electrons. The first-order valence-corrected chi connectivity index (χ1v) is 34.8. The number of ether oxygens (including phenoxy) is 20. The van der Waals surface area contributed by atoms with Gasteiger partial charge >= 0.3 is 35.8 Å². The molecule has 0 saturated carbocycles. The van der Waals surface area contributed by atoms with E-state index in [-0.39, 0.29) is 33.0 Å². The summed E-state index contributed by atoms with van der Waals surface area (Å²) in [6.45, 7) is 1.61. The smallest absolute Gasteiger partial charge is 0.337 e. The third kappa shape index (κ3) is 22.9. The molecule has 4 heterocycles. The molecule has 33 nitrogen and oxygen atoms in total. The lowest BCUT2D eigenvalue weighted by atomic mass is 9.93. The number of methoxy groups -OCH3 is 3. The average Bonchev–Trinajstić information content (AvgIpc) is 0.759. The number of benzene rings is 5. The molecule has 36 heteroatoms. The summed E-state index contributed by atoms with van der Waals surface area (Å²) in [7, 11) is 3.62. The van der Waals surface area contributed by atoms with Crippen LogP contribution < -0.4 is 4.74 Å². The van der Waals surface area contributed by atoms with Gasteiger partial charge in [-0.1, -0.05) is 178 Å². The zero-order valence-electron chi connectivity index (χ0n) is 59.3. The molecular weight excluding hydrogens is 1490 g/mol. The Bertz CT molecular complexity index is 3870. The highest BCUT2D eigenvalue weighted by Crippen LogP contribution is 2.42. The van der Waals surface area contributed by atoms with Crippen LogP contribution in [0.4, 0.5) is 0 Å². The number of carbonyl (C=O) groups excluding carboxylic acids is 6. The van der Waals surface area contributed by atoms with Gasteiger partial charge < -0.3 is 94.7 Å². The minimum absolute atomic E-state index is 0.163. The summed E-state index contributed by atoms with van der Waals surface area (Å²) in [5.74, 6) is -6.24. The average molecular weight is 1570 g/mol. The molecule has 1 N–H and O–H groups in total. The Labute approximate surface area is 634 Å². The van der Waals surface area contributed by atoms with Crippen LogP contribution in [0.1, 0.15) is 55.5 Å². The highest BCUT2D eigenvalue weighted by atomic mass is 35.6. The van der Waals surface area contributed by atoms with E-state index in [4.69, 9.17) is 135 Å². The fourth-order valence-corrected chi connectivity index (χ4v) is 12.3. The zero-order valence-corrected chi connectivity index (χ0v) is 61.6. The molecule has 0 bridgehead atoms. The van der Waals surface area contributed by atoms with Crippen LogP contribution in [0.25, 0.3) is 20.9 Å². The molecular formula is C72H80Cl3N7O26. The summed E-state index contributed by atoms with van der Waals surface area (Å²) in [6.07, 6.45) is -32.1. The van der Waals surface area contributed by atoms with E-state index < -0.39 is 181 Å². The van der Waals surface area contributed by atoms with Gasteiger partial charge in [-0.15, -0.1) is 0 Å². The van der Waals surface area contributed by atoms with Gasteiger partial charge in [-0.3, -0.25) is 24.6 Å². The van der Waals surface area contributed by atoms with Crippen molar-refractivity contribution in [2.75, 3.05) is 34.5 Å². The molecule has 5 aromatic rings. The summed E-state index contributed by atoms with van der Waals surface area (Å²) in [6, 6.07) is 37.9. The van der Waals surface area contributed by atoms with Crippen molar-refractivity contribution in [2.45, 2.75) is 187 Å².